The summed E-state index contributed by atoms with van der Waals surface area (Å²) in [5.41, 5.74) is 0. The molecule has 0 radical (unpaired) electrons. The fourth-order valence-corrected chi connectivity index (χ4v) is 8.07. The maximum atomic E-state index is 12.8. The van der Waals surface area contributed by atoms with Crippen LogP contribution >= 0.6 is 0 Å². The molecule has 0 rings (SSSR count). The molecule has 0 aromatic carbocycles. The third-order valence-corrected chi connectivity index (χ3v) is 12.5. The van der Waals surface area contributed by atoms with Crippen molar-refractivity contribution >= 4 is 17.9 Å². The van der Waals surface area contributed by atoms with Crippen molar-refractivity contribution in [2.45, 2.75) is 297 Å². The molecule has 67 heavy (non-hydrogen) atoms. The zero-order valence-corrected chi connectivity index (χ0v) is 44.4. The number of unbranched alkanes of at least 4 members (excludes halogenated alkanes) is 31. The summed E-state index contributed by atoms with van der Waals surface area (Å²) < 4.78 is 16.8. The maximum absolute atomic E-state index is 12.8. The van der Waals surface area contributed by atoms with Crippen molar-refractivity contribution in [2.24, 2.45) is 0 Å². The molecule has 0 aliphatic heterocycles. The van der Waals surface area contributed by atoms with Gasteiger partial charge in [0.2, 0.25) is 0 Å². The van der Waals surface area contributed by atoms with Crippen LogP contribution in [0.25, 0.3) is 0 Å². The van der Waals surface area contributed by atoms with Crippen LogP contribution in [-0.4, -0.2) is 37.2 Å². The third kappa shape index (κ3) is 53.9. The number of ether oxygens (including phenoxy) is 3. The molecule has 388 valence electrons. The van der Waals surface area contributed by atoms with E-state index in [9.17, 15) is 14.4 Å². The quantitative estimate of drug-likeness (QED) is 0.0262. The maximum Gasteiger partial charge on any atom is 0.306 e. The van der Waals surface area contributed by atoms with Crippen LogP contribution in [0.3, 0.4) is 0 Å². The highest BCUT2D eigenvalue weighted by Crippen LogP contribution is 2.15. The Balaban J connectivity index is 4.29. The third-order valence-electron chi connectivity index (χ3n) is 12.5. The molecule has 0 spiro atoms. The van der Waals surface area contributed by atoms with Gasteiger partial charge in [-0.25, -0.2) is 0 Å². The molecule has 6 heteroatoms. The van der Waals surface area contributed by atoms with Gasteiger partial charge in [0.1, 0.15) is 13.2 Å². The summed E-state index contributed by atoms with van der Waals surface area (Å²) in [6.45, 7) is 6.56. The minimum Gasteiger partial charge on any atom is -0.462 e. The highest BCUT2D eigenvalue weighted by atomic mass is 16.6. The van der Waals surface area contributed by atoms with Crippen molar-refractivity contribution in [3.63, 3.8) is 0 Å². The first-order chi connectivity index (χ1) is 33.0. The van der Waals surface area contributed by atoms with Gasteiger partial charge in [-0.15, -0.1) is 0 Å². The molecule has 0 saturated carbocycles. The standard InChI is InChI=1S/C61H108O6/c1-4-7-10-13-16-19-22-24-26-27-28-29-30-31-32-33-35-36-39-42-45-48-51-54-60(63)66-57-58(56-65-59(62)53-50-47-44-41-38-21-18-15-12-9-6-3)67-61(64)55-52-49-46-43-40-37-34-25-23-20-17-14-11-8-5-2/h15,17-18,20,22,24-25,27-28,34,58H,4-14,16,19,21,23,26,29-33,35-57H2,1-3H3/b18-15-,20-17-,24-22-,28-27-,34-25-. The first kappa shape index (κ1) is 64.1. The molecule has 0 amide bonds. The highest BCUT2D eigenvalue weighted by Gasteiger charge is 2.19. The van der Waals surface area contributed by atoms with Crippen LogP contribution in [0.5, 0.6) is 0 Å². The number of carbonyl (C=O) groups is 3. The van der Waals surface area contributed by atoms with Crippen LogP contribution in [0, 0.1) is 0 Å². The van der Waals surface area contributed by atoms with Crippen LogP contribution in [0.15, 0.2) is 60.8 Å². The molecule has 0 fully saturated rings. The van der Waals surface area contributed by atoms with Gasteiger partial charge in [0.25, 0.3) is 0 Å². The predicted octanol–water partition coefficient (Wildman–Crippen LogP) is 19.2. The second kappa shape index (κ2) is 55.7. The average Bonchev–Trinajstić information content (AvgIpc) is 3.33. The van der Waals surface area contributed by atoms with Crippen molar-refractivity contribution in [1.29, 1.82) is 0 Å². The Labute approximate surface area is 415 Å². The van der Waals surface area contributed by atoms with Gasteiger partial charge in [-0.1, -0.05) is 229 Å². The summed E-state index contributed by atoms with van der Waals surface area (Å²) in [5.74, 6) is -0.900. The Bertz CT molecular complexity index is 1210. The van der Waals surface area contributed by atoms with E-state index >= 15 is 0 Å². The van der Waals surface area contributed by atoms with Gasteiger partial charge in [0.05, 0.1) is 0 Å². The molecule has 1 atom stereocenters. The van der Waals surface area contributed by atoms with E-state index in [1.165, 1.54) is 154 Å². The molecule has 0 bridgehead atoms. The van der Waals surface area contributed by atoms with Crippen molar-refractivity contribution in [2.75, 3.05) is 13.2 Å². The molecule has 0 aromatic rings. The Morgan fingerprint density at radius 1 is 0.299 bits per heavy atom. The highest BCUT2D eigenvalue weighted by molar-refractivity contribution is 5.71. The number of allylic oxidation sites excluding steroid dienone is 10. The normalized spacial score (nSPS) is 12.5. The van der Waals surface area contributed by atoms with Crippen molar-refractivity contribution < 1.29 is 28.6 Å². The van der Waals surface area contributed by atoms with E-state index in [0.717, 1.165) is 96.3 Å². The lowest BCUT2D eigenvalue weighted by Gasteiger charge is -2.18. The van der Waals surface area contributed by atoms with E-state index in [4.69, 9.17) is 14.2 Å². The number of hydrogen-bond donors (Lipinski definition) is 0. The van der Waals surface area contributed by atoms with Gasteiger partial charge in [-0.2, -0.15) is 0 Å². The fraction of sp³-hybridized carbons (Fsp3) is 0.787. The monoisotopic (exact) mass is 937 g/mol. The largest absolute Gasteiger partial charge is 0.462 e. The minimum atomic E-state index is -0.785. The van der Waals surface area contributed by atoms with E-state index in [0.29, 0.717) is 19.3 Å². The lowest BCUT2D eigenvalue weighted by molar-refractivity contribution is -0.167. The number of carbonyl (C=O) groups excluding carboxylic acids is 3. The number of hydrogen-bond acceptors (Lipinski definition) is 6. The topological polar surface area (TPSA) is 78.9 Å². The first-order valence-electron chi connectivity index (χ1n) is 28.8. The summed E-state index contributed by atoms with van der Waals surface area (Å²) in [4.78, 5) is 38.1. The van der Waals surface area contributed by atoms with Crippen LogP contribution in [-0.2, 0) is 28.6 Å². The van der Waals surface area contributed by atoms with Crippen molar-refractivity contribution in [1.82, 2.24) is 0 Å². The molecule has 0 heterocycles. The van der Waals surface area contributed by atoms with Gasteiger partial charge >= 0.3 is 17.9 Å². The summed E-state index contributed by atoms with van der Waals surface area (Å²) in [7, 11) is 0. The van der Waals surface area contributed by atoms with Crippen molar-refractivity contribution in [3.8, 4) is 0 Å². The molecular formula is C61H108O6. The Kier molecular flexibility index (Phi) is 53.3. The minimum absolute atomic E-state index is 0.0828. The second-order valence-electron chi connectivity index (χ2n) is 19.2. The van der Waals surface area contributed by atoms with Gasteiger partial charge in [0, 0.05) is 19.3 Å². The predicted molar refractivity (Wildman–Crippen MR) is 288 cm³/mol. The molecule has 0 aliphatic rings. The van der Waals surface area contributed by atoms with E-state index in [-0.39, 0.29) is 31.1 Å². The van der Waals surface area contributed by atoms with Crippen molar-refractivity contribution in [3.05, 3.63) is 60.8 Å². The average molecular weight is 938 g/mol. The lowest BCUT2D eigenvalue weighted by Crippen LogP contribution is -2.30. The SMILES string of the molecule is CCCC/C=C\CCCCCCCC(=O)OCC(COC(=O)CCCCCCCCCCCCC/C=C\C/C=C\CCCCCCC)OC(=O)CCCCCCC/C=C\C/C=C\CCCCC. The van der Waals surface area contributed by atoms with E-state index in [1.807, 2.05) is 0 Å². The summed E-state index contributed by atoms with van der Waals surface area (Å²) in [6.07, 6.45) is 69.3. The van der Waals surface area contributed by atoms with E-state index in [2.05, 4.69) is 81.5 Å². The second-order valence-corrected chi connectivity index (χ2v) is 19.2. The first-order valence-corrected chi connectivity index (χ1v) is 28.8. The summed E-state index contributed by atoms with van der Waals surface area (Å²) >= 11 is 0. The van der Waals surface area contributed by atoms with E-state index in [1.54, 1.807) is 0 Å². The molecular weight excluding hydrogens is 829 g/mol. The molecule has 0 saturated heterocycles. The number of rotatable bonds is 52. The summed E-state index contributed by atoms with van der Waals surface area (Å²) in [5, 5.41) is 0. The van der Waals surface area contributed by atoms with Gasteiger partial charge in [0.15, 0.2) is 6.10 Å². The lowest BCUT2D eigenvalue weighted by atomic mass is 10.0. The summed E-state index contributed by atoms with van der Waals surface area (Å²) in [6, 6.07) is 0. The fourth-order valence-electron chi connectivity index (χ4n) is 8.07. The smallest absolute Gasteiger partial charge is 0.306 e. The van der Waals surface area contributed by atoms with Gasteiger partial charge in [-0.3, -0.25) is 14.4 Å². The number of esters is 3. The molecule has 0 aromatic heterocycles. The Morgan fingerprint density at radius 2 is 0.552 bits per heavy atom. The molecule has 0 aliphatic carbocycles. The van der Waals surface area contributed by atoms with Gasteiger partial charge in [-0.05, 0) is 103 Å². The van der Waals surface area contributed by atoms with Gasteiger partial charge < -0.3 is 14.2 Å². The van der Waals surface area contributed by atoms with Crippen LogP contribution < -0.4 is 0 Å². The zero-order valence-electron chi connectivity index (χ0n) is 44.4. The van der Waals surface area contributed by atoms with Crippen LogP contribution in [0.1, 0.15) is 290 Å². The van der Waals surface area contributed by atoms with Crippen LogP contribution in [0.2, 0.25) is 0 Å². The molecule has 0 N–H and O–H groups in total. The molecule has 1 unspecified atom stereocenters. The Hall–Kier alpha value is -2.89. The zero-order chi connectivity index (χ0) is 48.6. The Morgan fingerprint density at radius 3 is 0.910 bits per heavy atom. The van der Waals surface area contributed by atoms with E-state index < -0.39 is 6.10 Å². The molecule has 6 nitrogen and oxygen atoms in total. The van der Waals surface area contributed by atoms with Crippen LogP contribution in [0.4, 0.5) is 0 Å².